The Morgan fingerprint density at radius 2 is 2.03 bits per heavy atom. The number of H-pyrrole nitrogens is 1. The fourth-order valence-electron chi connectivity index (χ4n) is 4.46. The first-order valence-electron chi connectivity index (χ1n) is 11.5. The van der Waals surface area contributed by atoms with Gasteiger partial charge in [0, 0.05) is 19.3 Å². The summed E-state index contributed by atoms with van der Waals surface area (Å²) in [5, 5.41) is 8.32. The fraction of sp³-hybridized carbons (Fsp3) is 0.308. The average Bonchev–Trinajstić information content (AvgIpc) is 3.35. The summed E-state index contributed by atoms with van der Waals surface area (Å²) in [5.74, 6) is -0.367. The van der Waals surface area contributed by atoms with Crippen LogP contribution in [0.4, 0.5) is 0 Å². The number of ether oxygens (including phenoxy) is 1. The molecule has 0 radical (unpaired) electrons. The van der Waals surface area contributed by atoms with Crippen LogP contribution in [-0.4, -0.2) is 46.5 Å². The van der Waals surface area contributed by atoms with Crippen molar-refractivity contribution in [1.29, 1.82) is 0 Å². The number of aromatic nitrogens is 3. The molecule has 2 amide bonds. The van der Waals surface area contributed by atoms with Crippen molar-refractivity contribution in [2.45, 2.75) is 25.8 Å². The van der Waals surface area contributed by atoms with Crippen molar-refractivity contribution in [2.75, 3.05) is 19.8 Å². The third kappa shape index (κ3) is 4.36. The van der Waals surface area contributed by atoms with E-state index in [4.69, 9.17) is 4.74 Å². The van der Waals surface area contributed by atoms with Crippen LogP contribution in [0.15, 0.2) is 61.2 Å². The molecule has 0 saturated carbocycles. The molecule has 8 heteroatoms. The molecule has 0 bridgehead atoms. The molecule has 174 valence electrons. The quantitative estimate of drug-likeness (QED) is 0.411. The normalized spacial score (nSPS) is 19.1. The molecule has 2 aromatic heterocycles. The molecule has 0 spiro atoms. The Morgan fingerprint density at radius 3 is 2.85 bits per heavy atom. The van der Waals surface area contributed by atoms with E-state index in [2.05, 4.69) is 25.6 Å². The number of aromatic amines is 1. The number of carbonyl (C=O) groups is 2. The lowest BCUT2D eigenvalue weighted by Gasteiger charge is -2.32. The maximum atomic E-state index is 13.3. The molecule has 34 heavy (non-hydrogen) atoms. The van der Waals surface area contributed by atoms with Gasteiger partial charge in [0.2, 0.25) is 5.91 Å². The molecule has 0 aliphatic carbocycles. The van der Waals surface area contributed by atoms with Crippen molar-refractivity contribution in [2.24, 2.45) is 5.41 Å². The average molecular weight is 458 g/mol. The Hall–Kier alpha value is -3.78. The monoisotopic (exact) mass is 457 g/mol. The zero-order chi connectivity index (χ0) is 23.5. The maximum Gasteiger partial charge on any atom is 0.255 e. The number of carbonyl (C=O) groups excluding carboxylic acids is 2. The van der Waals surface area contributed by atoms with Crippen LogP contribution in [0, 0.1) is 5.41 Å². The number of hydrogen-bond acceptors (Lipinski definition) is 5. The van der Waals surface area contributed by atoms with Gasteiger partial charge in [-0.3, -0.25) is 14.6 Å². The van der Waals surface area contributed by atoms with Crippen LogP contribution in [0.25, 0.3) is 21.8 Å². The number of hydrogen-bond donors (Lipinski definition) is 3. The lowest BCUT2D eigenvalue weighted by atomic mass is 9.84. The molecule has 3 N–H and O–H groups in total. The van der Waals surface area contributed by atoms with Gasteiger partial charge in [-0.1, -0.05) is 36.4 Å². The second-order valence-electron chi connectivity index (χ2n) is 9.05. The lowest BCUT2D eigenvalue weighted by Crippen LogP contribution is -2.47. The first-order valence-corrected chi connectivity index (χ1v) is 11.5. The predicted molar refractivity (Wildman–Crippen MR) is 129 cm³/mol. The highest BCUT2D eigenvalue weighted by Crippen LogP contribution is 2.28. The minimum absolute atomic E-state index is 0.0664. The van der Waals surface area contributed by atoms with Crippen LogP contribution in [0.3, 0.4) is 0 Å². The molecule has 8 nitrogen and oxygen atoms in total. The molecule has 1 aliphatic rings. The van der Waals surface area contributed by atoms with Gasteiger partial charge >= 0.3 is 0 Å². The van der Waals surface area contributed by atoms with Crippen LogP contribution in [-0.2, 0) is 9.53 Å². The number of nitrogens with one attached hydrogen (secondary N) is 3. The van der Waals surface area contributed by atoms with Crippen molar-refractivity contribution in [3.63, 3.8) is 0 Å². The van der Waals surface area contributed by atoms with Crippen molar-refractivity contribution in [1.82, 2.24) is 25.6 Å². The summed E-state index contributed by atoms with van der Waals surface area (Å²) in [6, 6.07) is 13.7. The van der Waals surface area contributed by atoms with Gasteiger partial charge in [-0.2, -0.15) is 0 Å². The molecule has 1 fully saturated rings. The van der Waals surface area contributed by atoms with Crippen LogP contribution in [0.5, 0.6) is 0 Å². The Labute approximate surface area is 197 Å². The first kappa shape index (κ1) is 22.0. The molecule has 1 saturated heterocycles. The topological polar surface area (TPSA) is 109 Å². The van der Waals surface area contributed by atoms with Gasteiger partial charge in [0.15, 0.2) is 0 Å². The molecule has 1 aliphatic heterocycles. The zero-order valence-electron chi connectivity index (χ0n) is 19.0. The number of rotatable bonds is 6. The number of fused-ring (bicyclic) bond motifs is 2. The number of amides is 2. The van der Waals surface area contributed by atoms with Gasteiger partial charge in [0.05, 0.1) is 41.7 Å². The van der Waals surface area contributed by atoms with E-state index in [1.165, 1.54) is 12.5 Å². The molecular weight excluding hydrogens is 430 g/mol. The summed E-state index contributed by atoms with van der Waals surface area (Å²) < 4.78 is 5.55. The van der Waals surface area contributed by atoms with E-state index in [-0.39, 0.29) is 18.4 Å². The summed E-state index contributed by atoms with van der Waals surface area (Å²) >= 11 is 0. The second kappa shape index (κ2) is 9.23. The van der Waals surface area contributed by atoms with Gasteiger partial charge in [-0.05, 0) is 42.2 Å². The molecule has 2 unspecified atom stereocenters. The smallest absolute Gasteiger partial charge is 0.255 e. The molecule has 5 rings (SSSR count). The van der Waals surface area contributed by atoms with Gasteiger partial charge in [-0.15, -0.1) is 0 Å². The minimum Gasteiger partial charge on any atom is -0.380 e. The Bertz CT molecular complexity index is 1340. The van der Waals surface area contributed by atoms with Gasteiger partial charge < -0.3 is 20.4 Å². The molecule has 2 atom stereocenters. The molecule has 4 aromatic rings. The van der Waals surface area contributed by atoms with Crippen LogP contribution >= 0.6 is 0 Å². The van der Waals surface area contributed by atoms with E-state index in [9.17, 15) is 9.59 Å². The van der Waals surface area contributed by atoms with Crippen molar-refractivity contribution in [3.05, 3.63) is 72.3 Å². The Balaban J connectivity index is 1.41. The largest absolute Gasteiger partial charge is 0.380 e. The predicted octanol–water partition coefficient (Wildman–Crippen LogP) is 3.52. The number of benzene rings is 2. The number of imidazole rings is 1. The molecule has 2 aromatic carbocycles. The van der Waals surface area contributed by atoms with Gasteiger partial charge in [0.1, 0.15) is 5.52 Å². The Morgan fingerprint density at radius 1 is 1.18 bits per heavy atom. The highest BCUT2D eigenvalue weighted by molar-refractivity contribution is 6.04. The minimum atomic E-state index is -0.569. The summed E-state index contributed by atoms with van der Waals surface area (Å²) in [7, 11) is 0. The van der Waals surface area contributed by atoms with Crippen LogP contribution < -0.4 is 10.6 Å². The summed E-state index contributed by atoms with van der Waals surface area (Å²) in [4.78, 5) is 37.7. The van der Waals surface area contributed by atoms with Gasteiger partial charge in [0.25, 0.3) is 5.91 Å². The van der Waals surface area contributed by atoms with Crippen LogP contribution in [0.2, 0.25) is 0 Å². The highest BCUT2D eigenvalue weighted by Gasteiger charge is 2.35. The van der Waals surface area contributed by atoms with Gasteiger partial charge in [-0.25, -0.2) is 4.98 Å². The van der Waals surface area contributed by atoms with E-state index < -0.39 is 11.5 Å². The fourth-order valence-corrected chi connectivity index (χ4v) is 4.46. The van der Waals surface area contributed by atoms with Crippen molar-refractivity contribution in [3.8, 4) is 0 Å². The van der Waals surface area contributed by atoms with Crippen LogP contribution in [0.1, 0.15) is 41.7 Å². The third-order valence-corrected chi connectivity index (χ3v) is 6.51. The third-order valence-electron chi connectivity index (χ3n) is 6.51. The number of nitrogens with zero attached hydrogens (tertiary/aromatic N) is 2. The SMILES string of the molecule is CC1(C(=O)NCC(NC(=O)c2cncc3[nH]cnc23)c2ccc3ccccc3c2)CCCOC1. The summed E-state index contributed by atoms with van der Waals surface area (Å²) in [6.45, 7) is 3.27. The first-order chi connectivity index (χ1) is 16.5. The molecular formula is C26H27N5O3. The van der Waals surface area contributed by atoms with E-state index >= 15 is 0 Å². The Kier molecular flexibility index (Phi) is 5.98. The summed E-state index contributed by atoms with van der Waals surface area (Å²) in [5.41, 5.74) is 1.96. The van der Waals surface area contributed by atoms with E-state index in [0.717, 1.165) is 29.2 Å². The summed E-state index contributed by atoms with van der Waals surface area (Å²) in [6.07, 6.45) is 6.31. The van der Waals surface area contributed by atoms with E-state index in [1.807, 2.05) is 49.4 Å². The van der Waals surface area contributed by atoms with E-state index in [1.54, 1.807) is 6.20 Å². The molecule has 3 heterocycles. The second-order valence-corrected chi connectivity index (χ2v) is 9.05. The number of pyridine rings is 1. The van der Waals surface area contributed by atoms with Crippen molar-refractivity contribution >= 4 is 33.6 Å². The lowest BCUT2D eigenvalue weighted by molar-refractivity contribution is -0.137. The standard InChI is InChI=1S/C26H27N5O3/c1-26(9-4-10-34-15-26)25(33)28-14-21(19-8-7-17-5-2-3-6-18(17)11-19)31-24(32)20-12-27-13-22-23(20)30-16-29-22/h2-3,5-8,11-13,16,21H,4,9-10,14-15H2,1H3,(H,28,33)(H,29,30)(H,31,32). The zero-order valence-corrected chi connectivity index (χ0v) is 19.0. The van der Waals surface area contributed by atoms with Crippen molar-refractivity contribution < 1.29 is 14.3 Å². The highest BCUT2D eigenvalue weighted by atomic mass is 16.5. The maximum absolute atomic E-state index is 13.3. The van der Waals surface area contributed by atoms with E-state index in [0.29, 0.717) is 29.8 Å².